The van der Waals surface area contributed by atoms with E-state index in [0.29, 0.717) is 5.92 Å². The van der Waals surface area contributed by atoms with Crippen molar-refractivity contribution in [2.45, 2.75) is 26.3 Å². The lowest BCUT2D eigenvalue weighted by Gasteiger charge is -2.19. The summed E-state index contributed by atoms with van der Waals surface area (Å²) in [6, 6.07) is 5.36. The summed E-state index contributed by atoms with van der Waals surface area (Å²) in [5.41, 5.74) is 6.85. The molecule has 0 bridgehead atoms. The van der Waals surface area contributed by atoms with Crippen molar-refractivity contribution < 1.29 is 5.11 Å². The normalized spacial score (nSPS) is 14.1. The van der Waals surface area contributed by atoms with Gasteiger partial charge >= 0.3 is 0 Å². The van der Waals surface area contributed by atoms with E-state index in [1.165, 1.54) is 0 Å². The van der Waals surface area contributed by atoms with Gasteiger partial charge in [-0.2, -0.15) is 0 Å². The van der Waals surface area contributed by atoms with Crippen LogP contribution in [0.3, 0.4) is 0 Å². The Bertz CT molecular complexity index is 319. The Labute approximate surface area is 105 Å². The molecular formula is C11H17BrClNO. The standard InChI is InChI=1S/C11H16BrNO.ClH/c1-3-7(2)11(13)9-5-4-8(12)6-10(9)14;/h4-7,11,14H,3,13H2,1-2H3;1H/t7?,11-;/m0./s1. The van der Waals surface area contributed by atoms with Crippen LogP contribution in [0.4, 0.5) is 0 Å². The smallest absolute Gasteiger partial charge is 0.121 e. The third kappa shape index (κ3) is 3.67. The fourth-order valence-corrected chi connectivity index (χ4v) is 1.71. The van der Waals surface area contributed by atoms with Crippen molar-refractivity contribution in [3.8, 4) is 5.75 Å². The molecule has 0 saturated heterocycles. The van der Waals surface area contributed by atoms with Crippen molar-refractivity contribution in [1.29, 1.82) is 0 Å². The van der Waals surface area contributed by atoms with Crippen LogP contribution in [0.15, 0.2) is 22.7 Å². The van der Waals surface area contributed by atoms with Crippen LogP contribution in [0.1, 0.15) is 31.9 Å². The highest BCUT2D eigenvalue weighted by atomic mass is 79.9. The Morgan fingerprint density at radius 1 is 1.47 bits per heavy atom. The van der Waals surface area contributed by atoms with Gasteiger partial charge in [-0.25, -0.2) is 0 Å². The largest absolute Gasteiger partial charge is 0.508 e. The summed E-state index contributed by atoms with van der Waals surface area (Å²) in [5.74, 6) is 0.647. The molecule has 0 fully saturated rings. The maximum atomic E-state index is 9.70. The van der Waals surface area contributed by atoms with E-state index in [4.69, 9.17) is 5.73 Å². The number of hydrogen-bond donors (Lipinski definition) is 2. The average molecular weight is 295 g/mol. The zero-order chi connectivity index (χ0) is 10.7. The molecule has 2 atom stereocenters. The maximum absolute atomic E-state index is 9.70. The molecular weight excluding hydrogens is 277 g/mol. The van der Waals surface area contributed by atoms with E-state index in [0.717, 1.165) is 16.5 Å². The summed E-state index contributed by atoms with van der Waals surface area (Å²) in [6.45, 7) is 4.19. The molecule has 0 spiro atoms. The predicted molar refractivity (Wildman–Crippen MR) is 69.4 cm³/mol. The molecule has 0 radical (unpaired) electrons. The van der Waals surface area contributed by atoms with Crippen LogP contribution in [0.25, 0.3) is 0 Å². The zero-order valence-corrected chi connectivity index (χ0v) is 11.3. The van der Waals surface area contributed by atoms with E-state index in [2.05, 4.69) is 29.8 Å². The van der Waals surface area contributed by atoms with Gasteiger partial charge in [-0.05, 0) is 18.1 Å². The first-order valence-corrected chi connectivity index (χ1v) is 5.59. The molecule has 0 aliphatic rings. The van der Waals surface area contributed by atoms with Crippen molar-refractivity contribution in [3.63, 3.8) is 0 Å². The number of benzene rings is 1. The van der Waals surface area contributed by atoms with Gasteiger partial charge in [0.1, 0.15) is 5.75 Å². The van der Waals surface area contributed by atoms with E-state index in [1.807, 2.05) is 12.1 Å². The number of rotatable bonds is 3. The molecule has 1 rings (SSSR count). The third-order valence-electron chi connectivity index (χ3n) is 2.61. The van der Waals surface area contributed by atoms with Gasteiger partial charge < -0.3 is 10.8 Å². The average Bonchev–Trinajstić information content (AvgIpc) is 2.15. The van der Waals surface area contributed by atoms with Crippen molar-refractivity contribution in [1.82, 2.24) is 0 Å². The molecule has 15 heavy (non-hydrogen) atoms. The van der Waals surface area contributed by atoms with Gasteiger partial charge in [0, 0.05) is 16.1 Å². The van der Waals surface area contributed by atoms with E-state index < -0.39 is 0 Å². The maximum Gasteiger partial charge on any atom is 0.121 e. The first kappa shape index (κ1) is 14.8. The van der Waals surface area contributed by atoms with Crippen LogP contribution in [0, 0.1) is 5.92 Å². The van der Waals surface area contributed by atoms with Crippen LogP contribution in [0.5, 0.6) is 5.75 Å². The second-order valence-electron chi connectivity index (χ2n) is 3.61. The first-order chi connectivity index (χ1) is 6.56. The summed E-state index contributed by atoms with van der Waals surface area (Å²) >= 11 is 3.30. The Kier molecular flexibility index (Phi) is 6.25. The molecule has 0 aliphatic carbocycles. The van der Waals surface area contributed by atoms with E-state index in [9.17, 15) is 5.11 Å². The predicted octanol–water partition coefficient (Wildman–Crippen LogP) is 3.62. The van der Waals surface area contributed by atoms with Crippen LogP contribution in [0.2, 0.25) is 0 Å². The third-order valence-corrected chi connectivity index (χ3v) is 3.10. The van der Waals surface area contributed by atoms with Crippen molar-refractivity contribution in [2.24, 2.45) is 11.7 Å². The van der Waals surface area contributed by atoms with Crippen LogP contribution >= 0.6 is 28.3 Å². The first-order valence-electron chi connectivity index (χ1n) is 4.80. The molecule has 3 N–H and O–H groups in total. The number of halogens is 2. The second-order valence-corrected chi connectivity index (χ2v) is 4.53. The van der Waals surface area contributed by atoms with E-state index in [1.54, 1.807) is 6.07 Å². The number of hydrogen-bond acceptors (Lipinski definition) is 2. The molecule has 0 aliphatic heterocycles. The number of phenols is 1. The molecule has 1 aromatic carbocycles. The monoisotopic (exact) mass is 293 g/mol. The summed E-state index contributed by atoms with van der Waals surface area (Å²) in [5, 5.41) is 9.70. The minimum atomic E-state index is -0.0897. The number of nitrogens with two attached hydrogens (primary N) is 1. The summed E-state index contributed by atoms with van der Waals surface area (Å²) in [4.78, 5) is 0. The summed E-state index contributed by atoms with van der Waals surface area (Å²) < 4.78 is 0.870. The molecule has 2 nitrogen and oxygen atoms in total. The van der Waals surface area contributed by atoms with E-state index in [-0.39, 0.29) is 24.2 Å². The highest BCUT2D eigenvalue weighted by molar-refractivity contribution is 9.10. The molecule has 1 unspecified atom stereocenters. The quantitative estimate of drug-likeness (QED) is 0.894. The van der Waals surface area contributed by atoms with Gasteiger partial charge in [0.2, 0.25) is 0 Å². The fourth-order valence-electron chi connectivity index (χ4n) is 1.36. The lowest BCUT2D eigenvalue weighted by molar-refractivity contribution is 0.419. The molecule has 0 saturated carbocycles. The van der Waals surface area contributed by atoms with Crippen molar-refractivity contribution in [2.75, 3.05) is 0 Å². The highest BCUT2D eigenvalue weighted by Crippen LogP contribution is 2.30. The van der Waals surface area contributed by atoms with Gasteiger partial charge in [-0.1, -0.05) is 42.3 Å². The minimum Gasteiger partial charge on any atom is -0.508 e. The molecule has 0 heterocycles. The van der Waals surface area contributed by atoms with Gasteiger partial charge in [0.05, 0.1) is 0 Å². The van der Waals surface area contributed by atoms with Crippen molar-refractivity contribution >= 4 is 28.3 Å². The van der Waals surface area contributed by atoms with Gasteiger partial charge in [0.25, 0.3) is 0 Å². The molecule has 86 valence electrons. The van der Waals surface area contributed by atoms with E-state index >= 15 is 0 Å². The van der Waals surface area contributed by atoms with Gasteiger partial charge in [-0.3, -0.25) is 0 Å². The fraction of sp³-hybridized carbons (Fsp3) is 0.455. The summed E-state index contributed by atoms with van der Waals surface area (Å²) in [6.07, 6.45) is 1.01. The van der Waals surface area contributed by atoms with Gasteiger partial charge in [-0.15, -0.1) is 12.4 Å². The molecule has 0 aromatic heterocycles. The molecule has 0 amide bonds. The number of phenolic OH excluding ortho intramolecular Hbond substituents is 1. The Morgan fingerprint density at radius 2 is 2.07 bits per heavy atom. The molecule has 1 aromatic rings. The van der Waals surface area contributed by atoms with Crippen LogP contribution in [-0.2, 0) is 0 Å². The number of aromatic hydroxyl groups is 1. The van der Waals surface area contributed by atoms with Crippen molar-refractivity contribution in [3.05, 3.63) is 28.2 Å². The van der Waals surface area contributed by atoms with Crippen LogP contribution < -0.4 is 5.73 Å². The topological polar surface area (TPSA) is 46.2 Å². The lowest BCUT2D eigenvalue weighted by atomic mass is 9.93. The highest BCUT2D eigenvalue weighted by Gasteiger charge is 2.16. The lowest BCUT2D eigenvalue weighted by Crippen LogP contribution is -2.18. The Morgan fingerprint density at radius 3 is 2.53 bits per heavy atom. The SMILES string of the molecule is CCC(C)[C@H](N)c1ccc(Br)cc1O.Cl. The van der Waals surface area contributed by atoms with Crippen LogP contribution in [-0.4, -0.2) is 5.11 Å². The Balaban J connectivity index is 0.00000196. The van der Waals surface area contributed by atoms with Gasteiger partial charge in [0.15, 0.2) is 0 Å². The second kappa shape index (κ2) is 6.36. The Hall–Kier alpha value is -0.250. The zero-order valence-electron chi connectivity index (χ0n) is 8.90. The summed E-state index contributed by atoms with van der Waals surface area (Å²) in [7, 11) is 0. The molecule has 4 heteroatoms. The minimum absolute atomic E-state index is 0.